The Morgan fingerprint density at radius 1 is 1.11 bits per heavy atom. The number of nitrogens with zero attached hydrogens (tertiary/aromatic N) is 1. The molecule has 2 heteroatoms. The second-order valence-corrected chi connectivity index (χ2v) is 5.94. The minimum atomic E-state index is 0.786. The highest BCUT2D eigenvalue weighted by molar-refractivity contribution is 4.77. The van der Waals surface area contributed by atoms with Gasteiger partial charge in [-0.2, -0.15) is 0 Å². The highest BCUT2D eigenvalue weighted by Crippen LogP contribution is 2.14. The van der Waals surface area contributed by atoms with Crippen molar-refractivity contribution in [3.63, 3.8) is 0 Å². The van der Waals surface area contributed by atoms with Gasteiger partial charge in [0, 0.05) is 6.04 Å². The fraction of sp³-hybridized carbons (Fsp3) is 1.00. The SMILES string of the molecule is CCCCC(CC)CNC1CCN(CCC)CC1. The van der Waals surface area contributed by atoms with E-state index in [0.717, 1.165) is 12.0 Å². The molecule has 0 aliphatic carbocycles. The van der Waals surface area contributed by atoms with Gasteiger partial charge >= 0.3 is 0 Å². The third-order valence-corrected chi connectivity index (χ3v) is 4.37. The molecular formula is C16H34N2. The van der Waals surface area contributed by atoms with Crippen LogP contribution >= 0.6 is 0 Å². The molecule has 0 aromatic rings. The molecule has 0 aromatic heterocycles. The van der Waals surface area contributed by atoms with Gasteiger partial charge in [0.1, 0.15) is 0 Å². The van der Waals surface area contributed by atoms with Gasteiger partial charge in [0.05, 0.1) is 0 Å². The fourth-order valence-corrected chi connectivity index (χ4v) is 2.95. The smallest absolute Gasteiger partial charge is 0.00915 e. The molecule has 1 aliphatic heterocycles. The largest absolute Gasteiger partial charge is 0.314 e. The summed E-state index contributed by atoms with van der Waals surface area (Å²) in [4.78, 5) is 2.62. The van der Waals surface area contributed by atoms with Crippen LogP contribution in [0.15, 0.2) is 0 Å². The first-order valence-corrected chi connectivity index (χ1v) is 8.25. The van der Waals surface area contributed by atoms with Gasteiger partial charge in [0.25, 0.3) is 0 Å². The molecule has 1 aliphatic rings. The topological polar surface area (TPSA) is 15.3 Å². The Morgan fingerprint density at radius 2 is 1.83 bits per heavy atom. The fourth-order valence-electron chi connectivity index (χ4n) is 2.95. The van der Waals surface area contributed by atoms with E-state index in [1.54, 1.807) is 0 Å². The first-order valence-electron chi connectivity index (χ1n) is 8.25. The summed E-state index contributed by atoms with van der Waals surface area (Å²) >= 11 is 0. The van der Waals surface area contributed by atoms with E-state index in [4.69, 9.17) is 0 Å². The van der Waals surface area contributed by atoms with E-state index in [9.17, 15) is 0 Å². The Labute approximate surface area is 115 Å². The number of piperidine rings is 1. The lowest BCUT2D eigenvalue weighted by Gasteiger charge is -2.33. The van der Waals surface area contributed by atoms with Gasteiger partial charge in [0.2, 0.25) is 0 Å². The second kappa shape index (κ2) is 9.80. The lowest BCUT2D eigenvalue weighted by atomic mass is 9.97. The van der Waals surface area contributed by atoms with E-state index in [2.05, 4.69) is 31.0 Å². The molecule has 1 atom stereocenters. The van der Waals surface area contributed by atoms with Gasteiger partial charge in [-0.3, -0.25) is 0 Å². The highest BCUT2D eigenvalue weighted by atomic mass is 15.1. The number of unbranched alkanes of at least 4 members (excludes halogenated alkanes) is 1. The Kier molecular flexibility index (Phi) is 8.70. The average molecular weight is 254 g/mol. The highest BCUT2D eigenvalue weighted by Gasteiger charge is 2.18. The van der Waals surface area contributed by atoms with Crippen LogP contribution in [0.3, 0.4) is 0 Å². The van der Waals surface area contributed by atoms with E-state index >= 15 is 0 Å². The molecule has 0 bridgehead atoms. The van der Waals surface area contributed by atoms with Crippen LogP contribution in [0.25, 0.3) is 0 Å². The van der Waals surface area contributed by atoms with Crippen molar-refractivity contribution in [2.75, 3.05) is 26.2 Å². The Hall–Kier alpha value is -0.0800. The van der Waals surface area contributed by atoms with Crippen LogP contribution in [0, 0.1) is 5.92 Å². The third kappa shape index (κ3) is 6.19. The minimum absolute atomic E-state index is 0.786. The molecule has 1 N–H and O–H groups in total. The zero-order chi connectivity index (χ0) is 13.2. The first-order chi connectivity index (χ1) is 8.80. The minimum Gasteiger partial charge on any atom is -0.314 e. The summed E-state index contributed by atoms with van der Waals surface area (Å²) in [5.41, 5.74) is 0. The van der Waals surface area contributed by atoms with Gasteiger partial charge in [0.15, 0.2) is 0 Å². The molecule has 0 amide bonds. The number of rotatable bonds is 9. The van der Waals surface area contributed by atoms with Gasteiger partial charge in [-0.15, -0.1) is 0 Å². The first kappa shape index (κ1) is 16.0. The number of hydrogen-bond donors (Lipinski definition) is 1. The van der Waals surface area contributed by atoms with Crippen molar-refractivity contribution < 1.29 is 0 Å². The van der Waals surface area contributed by atoms with E-state index in [-0.39, 0.29) is 0 Å². The van der Waals surface area contributed by atoms with Crippen LogP contribution in [0.5, 0.6) is 0 Å². The summed E-state index contributed by atoms with van der Waals surface area (Å²) in [6, 6.07) is 0.786. The maximum absolute atomic E-state index is 3.82. The van der Waals surface area contributed by atoms with E-state index < -0.39 is 0 Å². The van der Waals surface area contributed by atoms with Crippen LogP contribution < -0.4 is 5.32 Å². The summed E-state index contributed by atoms with van der Waals surface area (Å²) in [5, 5.41) is 3.82. The zero-order valence-electron chi connectivity index (χ0n) is 12.9. The van der Waals surface area contributed by atoms with Crippen molar-refractivity contribution in [2.45, 2.75) is 71.8 Å². The predicted molar refractivity (Wildman–Crippen MR) is 81.1 cm³/mol. The van der Waals surface area contributed by atoms with E-state index in [1.807, 2.05) is 0 Å². The van der Waals surface area contributed by atoms with Crippen molar-refractivity contribution in [1.29, 1.82) is 0 Å². The molecule has 1 fully saturated rings. The second-order valence-electron chi connectivity index (χ2n) is 5.94. The Bertz CT molecular complexity index is 186. The molecule has 2 nitrogen and oxygen atoms in total. The van der Waals surface area contributed by atoms with Crippen LogP contribution in [-0.4, -0.2) is 37.1 Å². The van der Waals surface area contributed by atoms with Crippen molar-refractivity contribution in [2.24, 2.45) is 5.92 Å². The summed E-state index contributed by atoms with van der Waals surface area (Å²) in [6.07, 6.45) is 9.48. The summed E-state index contributed by atoms with van der Waals surface area (Å²) < 4.78 is 0. The molecule has 0 saturated carbocycles. The van der Waals surface area contributed by atoms with Crippen molar-refractivity contribution >= 4 is 0 Å². The van der Waals surface area contributed by atoms with Crippen molar-refractivity contribution in [1.82, 2.24) is 10.2 Å². The van der Waals surface area contributed by atoms with Gasteiger partial charge < -0.3 is 10.2 Å². The standard InChI is InChI=1S/C16H34N2/c1-4-7-8-15(6-3)14-17-16-9-12-18(11-5-2)13-10-16/h15-17H,4-14H2,1-3H3. The zero-order valence-corrected chi connectivity index (χ0v) is 12.9. The molecule has 108 valence electrons. The maximum atomic E-state index is 3.82. The molecule has 1 unspecified atom stereocenters. The van der Waals surface area contributed by atoms with Crippen LogP contribution in [0.2, 0.25) is 0 Å². The summed E-state index contributed by atoms with van der Waals surface area (Å²) in [6.45, 7) is 12.1. The molecule has 1 saturated heterocycles. The molecule has 18 heavy (non-hydrogen) atoms. The Balaban J connectivity index is 2.12. The maximum Gasteiger partial charge on any atom is 0.00915 e. The monoisotopic (exact) mass is 254 g/mol. The Morgan fingerprint density at radius 3 is 2.39 bits per heavy atom. The molecule has 0 spiro atoms. The van der Waals surface area contributed by atoms with Gasteiger partial charge in [-0.05, 0) is 57.8 Å². The van der Waals surface area contributed by atoms with Crippen molar-refractivity contribution in [3.05, 3.63) is 0 Å². The third-order valence-electron chi connectivity index (χ3n) is 4.37. The normalized spacial score (nSPS) is 20.2. The summed E-state index contributed by atoms with van der Waals surface area (Å²) in [7, 11) is 0. The average Bonchev–Trinajstić information content (AvgIpc) is 2.41. The van der Waals surface area contributed by atoms with Crippen molar-refractivity contribution in [3.8, 4) is 0 Å². The molecule has 0 aromatic carbocycles. The van der Waals surface area contributed by atoms with Gasteiger partial charge in [-0.1, -0.05) is 40.0 Å². The van der Waals surface area contributed by atoms with Crippen LogP contribution in [0.1, 0.15) is 65.7 Å². The lowest BCUT2D eigenvalue weighted by molar-refractivity contribution is 0.194. The van der Waals surface area contributed by atoms with E-state index in [1.165, 1.54) is 71.1 Å². The van der Waals surface area contributed by atoms with E-state index in [0.29, 0.717) is 0 Å². The predicted octanol–water partition coefficient (Wildman–Crippen LogP) is 3.67. The lowest BCUT2D eigenvalue weighted by Crippen LogP contribution is -2.43. The van der Waals surface area contributed by atoms with Gasteiger partial charge in [-0.25, -0.2) is 0 Å². The van der Waals surface area contributed by atoms with Crippen LogP contribution in [0.4, 0.5) is 0 Å². The van der Waals surface area contributed by atoms with Crippen LogP contribution in [-0.2, 0) is 0 Å². The molecule has 1 rings (SSSR count). The molecule has 0 radical (unpaired) electrons. The summed E-state index contributed by atoms with van der Waals surface area (Å²) in [5.74, 6) is 0.902. The quantitative estimate of drug-likeness (QED) is 0.675. The number of hydrogen-bond acceptors (Lipinski definition) is 2. The molecule has 1 heterocycles. The number of likely N-dealkylation sites (tertiary alicyclic amines) is 1. The number of nitrogens with one attached hydrogen (secondary N) is 1. The molecular weight excluding hydrogens is 220 g/mol.